The van der Waals surface area contributed by atoms with Crippen LogP contribution in [0.2, 0.25) is 0 Å². The number of carbonyl (C=O) groups is 1. The van der Waals surface area contributed by atoms with Gasteiger partial charge in [-0.2, -0.15) is 4.98 Å². The van der Waals surface area contributed by atoms with Crippen molar-refractivity contribution in [2.45, 2.75) is 19.9 Å². The van der Waals surface area contributed by atoms with E-state index in [4.69, 9.17) is 9.63 Å². The summed E-state index contributed by atoms with van der Waals surface area (Å²) in [7, 11) is 0. The largest absolute Gasteiger partial charge is 0.478 e. The number of nitrogens with one attached hydrogen (secondary N) is 1. The molecule has 2 aromatic heterocycles. The first-order valence-electron chi connectivity index (χ1n) is 5.84. The number of rotatable bonds is 6. The third-order valence-corrected chi connectivity index (χ3v) is 2.50. The van der Waals surface area contributed by atoms with Crippen molar-refractivity contribution in [3.63, 3.8) is 0 Å². The normalized spacial score (nSPS) is 10.6. The summed E-state index contributed by atoms with van der Waals surface area (Å²) in [5.41, 5.74) is 0.723. The second-order valence-electron chi connectivity index (χ2n) is 3.96. The summed E-state index contributed by atoms with van der Waals surface area (Å²) in [5, 5.41) is 15.8. The number of hydrogen-bond donors (Lipinski definition) is 2. The molecule has 2 rings (SSSR count). The van der Waals surface area contributed by atoms with Crippen LogP contribution in [0.5, 0.6) is 0 Å². The number of nitrogens with zero attached hydrogens (tertiary/aromatic N) is 3. The standard InChI is InChI=1S/C12H14N4O3/c1-8-15-11(19-16-8)4-6-13-7-10-9(12(17)18)3-2-5-14-10/h2-3,5,13H,4,6-7H2,1H3,(H,17,18). The van der Waals surface area contributed by atoms with Crippen LogP contribution in [-0.2, 0) is 13.0 Å². The highest BCUT2D eigenvalue weighted by Crippen LogP contribution is 2.05. The highest BCUT2D eigenvalue weighted by molar-refractivity contribution is 5.88. The maximum atomic E-state index is 11.0. The van der Waals surface area contributed by atoms with Crippen LogP contribution < -0.4 is 5.32 Å². The monoisotopic (exact) mass is 262 g/mol. The zero-order chi connectivity index (χ0) is 13.7. The third kappa shape index (κ3) is 3.59. The van der Waals surface area contributed by atoms with Crippen molar-refractivity contribution >= 4 is 5.97 Å². The fraction of sp³-hybridized carbons (Fsp3) is 0.333. The van der Waals surface area contributed by atoms with Gasteiger partial charge in [-0.3, -0.25) is 4.98 Å². The number of aryl methyl sites for hydroxylation is 1. The molecule has 2 aromatic rings. The van der Waals surface area contributed by atoms with Crippen LogP contribution >= 0.6 is 0 Å². The van der Waals surface area contributed by atoms with E-state index >= 15 is 0 Å². The quantitative estimate of drug-likeness (QED) is 0.742. The van der Waals surface area contributed by atoms with Crippen molar-refractivity contribution in [1.29, 1.82) is 0 Å². The maximum Gasteiger partial charge on any atom is 0.337 e. The summed E-state index contributed by atoms with van der Waals surface area (Å²) >= 11 is 0. The first-order valence-corrected chi connectivity index (χ1v) is 5.84. The summed E-state index contributed by atoms with van der Waals surface area (Å²) in [6.45, 7) is 2.75. The first kappa shape index (κ1) is 13.2. The number of aromatic nitrogens is 3. The van der Waals surface area contributed by atoms with E-state index in [1.165, 1.54) is 6.07 Å². The minimum atomic E-state index is -0.975. The van der Waals surface area contributed by atoms with Crippen molar-refractivity contribution in [1.82, 2.24) is 20.4 Å². The number of carboxylic acid groups (broad SMARTS) is 1. The fourth-order valence-electron chi connectivity index (χ4n) is 1.62. The molecule has 100 valence electrons. The molecule has 0 amide bonds. The van der Waals surface area contributed by atoms with Gasteiger partial charge in [-0.15, -0.1) is 0 Å². The smallest absolute Gasteiger partial charge is 0.337 e. The van der Waals surface area contributed by atoms with Crippen molar-refractivity contribution < 1.29 is 14.4 Å². The fourth-order valence-corrected chi connectivity index (χ4v) is 1.62. The first-order chi connectivity index (χ1) is 9.16. The predicted octanol–water partition coefficient (Wildman–Crippen LogP) is 0.804. The van der Waals surface area contributed by atoms with E-state index in [0.29, 0.717) is 36.9 Å². The van der Waals surface area contributed by atoms with Crippen LogP contribution in [0.1, 0.15) is 27.8 Å². The van der Waals surface area contributed by atoms with Gasteiger partial charge in [-0.25, -0.2) is 4.79 Å². The molecule has 0 aliphatic heterocycles. The molecule has 0 unspecified atom stereocenters. The Morgan fingerprint density at radius 3 is 3.05 bits per heavy atom. The van der Waals surface area contributed by atoms with Gasteiger partial charge in [-0.1, -0.05) is 5.16 Å². The second kappa shape index (κ2) is 6.05. The Bertz CT molecular complexity index is 568. The molecule has 0 atom stereocenters. The molecule has 0 radical (unpaired) electrons. The van der Waals surface area contributed by atoms with Crippen LogP contribution in [0, 0.1) is 6.92 Å². The molecule has 0 fully saturated rings. The zero-order valence-electron chi connectivity index (χ0n) is 10.5. The minimum absolute atomic E-state index is 0.212. The summed E-state index contributed by atoms with van der Waals surface area (Å²) in [4.78, 5) is 19.1. The van der Waals surface area contributed by atoms with Gasteiger partial charge in [0.15, 0.2) is 5.82 Å². The molecule has 7 heteroatoms. The van der Waals surface area contributed by atoms with Crippen LogP contribution in [0.15, 0.2) is 22.9 Å². The van der Waals surface area contributed by atoms with Gasteiger partial charge in [0.25, 0.3) is 0 Å². The highest BCUT2D eigenvalue weighted by atomic mass is 16.5. The van der Waals surface area contributed by atoms with Gasteiger partial charge in [0.1, 0.15) is 0 Å². The lowest BCUT2D eigenvalue weighted by atomic mass is 10.2. The number of carboxylic acids is 1. The van der Waals surface area contributed by atoms with Gasteiger partial charge in [0.05, 0.1) is 11.3 Å². The molecule has 2 heterocycles. The average Bonchev–Trinajstić information content (AvgIpc) is 2.81. The van der Waals surface area contributed by atoms with Crippen LogP contribution in [0.3, 0.4) is 0 Å². The Morgan fingerprint density at radius 1 is 1.53 bits per heavy atom. The molecule has 0 aliphatic rings. The Hall–Kier alpha value is -2.28. The van der Waals surface area contributed by atoms with E-state index in [-0.39, 0.29) is 5.56 Å². The Kier molecular flexibility index (Phi) is 4.19. The van der Waals surface area contributed by atoms with Crippen LogP contribution in [0.25, 0.3) is 0 Å². The van der Waals surface area contributed by atoms with Crippen molar-refractivity contribution in [3.8, 4) is 0 Å². The summed E-state index contributed by atoms with van der Waals surface area (Å²) in [6.07, 6.45) is 2.17. The van der Waals surface area contributed by atoms with Gasteiger partial charge in [0.2, 0.25) is 5.89 Å². The van der Waals surface area contributed by atoms with E-state index in [9.17, 15) is 4.79 Å². The van der Waals surface area contributed by atoms with Crippen molar-refractivity contribution in [2.75, 3.05) is 6.54 Å². The molecule has 19 heavy (non-hydrogen) atoms. The zero-order valence-corrected chi connectivity index (χ0v) is 10.5. The van der Waals surface area contributed by atoms with E-state index in [2.05, 4.69) is 20.4 Å². The Labute approximate surface area is 109 Å². The molecular formula is C12H14N4O3. The average molecular weight is 262 g/mol. The molecule has 0 aromatic carbocycles. The minimum Gasteiger partial charge on any atom is -0.478 e. The van der Waals surface area contributed by atoms with Gasteiger partial charge in [0, 0.05) is 25.7 Å². The van der Waals surface area contributed by atoms with Gasteiger partial charge < -0.3 is 14.9 Å². The molecule has 0 bridgehead atoms. The lowest BCUT2D eigenvalue weighted by Crippen LogP contribution is -2.19. The maximum absolute atomic E-state index is 11.0. The molecule has 2 N–H and O–H groups in total. The number of pyridine rings is 1. The topological polar surface area (TPSA) is 101 Å². The molecule has 0 aliphatic carbocycles. The SMILES string of the molecule is Cc1noc(CCNCc2ncccc2C(=O)O)n1. The van der Waals surface area contributed by atoms with Gasteiger partial charge >= 0.3 is 5.97 Å². The van der Waals surface area contributed by atoms with Crippen LogP contribution in [0.4, 0.5) is 0 Å². The Balaban J connectivity index is 1.84. The van der Waals surface area contributed by atoms with E-state index in [1.807, 2.05) is 0 Å². The number of hydrogen-bond acceptors (Lipinski definition) is 6. The molecular weight excluding hydrogens is 248 g/mol. The van der Waals surface area contributed by atoms with Gasteiger partial charge in [-0.05, 0) is 19.1 Å². The second-order valence-corrected chi connectivity index (χ2v) is 3.96. The van der Waals surface area contributed by atoms with E-state index in [1.54, 1.807) is 19.2 Å². The van der Waals surface area contributed by atoms with Crippen molar-refractivity contribution in [3.05, 3.63) is 41.3 Å². The third-order valence-electron chi connectivity index (χ3n) is 2.50. The highest BCUT2D eigenvalue weighted by Gasteiger charge is 2.10. The molecule has 7 nitrogen and oxygen atoms in total. The molecule has 0 saturated heterocycles. The predicted molar refractivity (Wildman–Crippen MR) is 65.6 cm³/mol. The molecule has 0 spiro atoms. The van der Waals surface area contributed by atoms with E-state index < -0.39 is 5.97 Å². The summed E-state index contributed by atoms with van der Waals surface area (Å²) in [5.74, 6) is 0.190. The van der Waals surface area contributed by atoms with Crippen molar-refractivity contribution in [2.24, 2.45) is 0 Å². The summed E-state index contributed by atoms with van der Waals surface area (Å²) < 4.78 is 4.97. The number of aromatic carboxylic acids is 1. The lowest BCUT2D eigenvalue weighted by Gasteiger charge is -2.05. The van der Waals surface area contributed by atoms with Crippen LogP contribution in [-0.4, -0.2) is 32.7 Å². The molecule has 0 saturated carbocycles. The van der Waals surface area contributed by atoms with E-state index in [0.717, 1.165) is 0 Å². The summed E-state index contributed by atoms with van der Waals surface area (Å²) in [6, 6.07) is 3.14. The Morgan fingerprint density at radius 2 is 2.37 bits per heavy atom. The lowest BCUT2D eigenvalue weighted by molar-refractivity contribution is 0.0695.